The van der Waals surface area contributed by atoms with Crippen LogP contribution in [0.2, 0.25) is 0 Å². The predicted octanol–water partition coefficient (Wildman–Crippen LogP) is 2.62. The first-order chi connectivity index (χ1) is 8.62. The second-order valence-electron chi connectivity index (χ2n) is 5.68. The maximum atomic E-state index is 12.9. The molecule has 18 heavy (non-hydrogen) atoms. The summed E-state index contributed by atoms with van der Waals surface area (Å²) in [6.45, 7) is 2.85. The van der Waals surface area contributed by atoms with E-state index in [4.69, 9.17) is 18.0 Å². The molecule has 0 aliphatic heterocycles. The third-order valence-corrected chi connectivity index (χ3v) is 5.10. The summed E-state index contributed by atoms with van der Waals surface area (Å²) in [6.07, 6.45) is 8.63. The predicted molar refractivity (Wildman–Crippen MR) is 77.3 cm³/mol. The average molecular weight is 268 g/mol. The summed E-state index contributed by atoms with van der Waals surface area (Å²) in [4.78, 5) is 15.4. The van der Waals surface area contributed by atoms with Gasteiger partial charge in [-0.15, -0.1) is 0 Å². The standard InChI is InChI=1S/C14H24N2OS/c1-2-16(11-7-3-4-8-11)13(17)14(12(15)18)9-5-6-10-14/h11H,2-10H2,1H3,(H2,15,18). The van der Waals surface area contributed by atoms with Crippen molar-refractivity contribution in [1.82, 2.24) is 4.90 Å². The normalized spacial score (nSPS) is 23.2. The third kappa shape index (κ3) is 2.27. The lowest BCUT2D eigenvalue weighted by Crippen LogP contribution is -2.52. The van der Waals surface area contributed by atoms with Crippen molar-refractivity contribution in [2.75, 3.05) is 6.54 Å². The van der Waals surface area contributed by atoms with E-state index >= 15 is 0 Å². The summed E-state index contributed by atoms with van der Waals surface area (Å²) in [5, 5.41) is 0. The molecule has 0 unspecified atom stereocenters. The van der Waals surface area contributed by atoms with Crippen molar-refractivity contribution in [2.24, 2.45) is 11.1 Å². The second-order valence-corrected chi connectivity index (χ2v) is 6.12. The van der Waals surface area contributed by atoms with E-state index in [9.17, 15) is 4.79 Å². The van der Waals surface area contributed by atoms with Crippen LogP contribution in [-0.4, -0.2) is 28.4 Å². The Labute approximate surface area is 115 Å². The van der Waals surface area contributed by atoms with Gasteiger partial charge in [-0.1, -0.05) is 37.9 Å². The van der Waals surface area contributed by atoms with Crippen LogP contribution in [0.5, 0.6) is 0 Å². The molecule has 3 nitrogen and oxygen atoms in total. The molecule has 0 spiro atoms. The number of nitrogens with two attached hydrogens (primary N) is 1. The van der Waals surface area contributed by atoms with Crippen molar-refractivity contribution in [1.29, 1.82) is 0 Å². The van der Waals surface area contributed by atoms with Crippen molar-refractivity contribution in [3.05, 3.63) is 0 Å². The summed E-state index contributed by atoms with van der Waals surface area (Å²) >= 11 is 5.22. The maximum Gasteiger partial charge on any atom is 0.235 e. The molecule has 0 radical (unpaired) electrons. The Hall–Kier alpha value is -0.640. The average Bonchev–Trinajstić information content (AvgIpc) is 3.01. The highest BCUT2D eigenvalue weighted by molar-refractivity contribution is 7.80. The summed E-state index contributed by atoms with van der Waals surface area (Å²) in [5.74, 6) is 0.210. The van der Waals surface area contributed by atoms with E-state index in [0.717, 1.165) is 45.1 Å². The summed E-state index contributed by atoms with van der Waals surface area (Å²) < 4.78 is 0. The first-order valence-electron chi connectivity index (χ1n) is 7.23. The molecule has 0 bridgehead atoms. The van der Waals surface area contributed by atoms with Crippen LogP contribution in [0.15, 0.2) is 0 Å². The fourth-order valence-electron chi connectivity index (χ4n) is 3.60. The minimum Gasteiger partial charge on any atom is -0.392 e. The third-order valence-electron chi connectivity index (χ3n) is 4.71. The fraction of sp³-hybridized carbons (Fsp3) is 0.857. The van der Waals surface area contributed by atoms with Crippen molar-refractivity contribution >= 4 is 23.1 Å². The topological polar surface area (TPSA) is 46.3 Å². The van der Waals surface area contributed by atoms with Gasteiger partial charge in [-0.2, -0.15) is 0 Å². The molecule has 2 saturated carbocycles. The Bertz CT molecular complexity index is 331. The van der Waals surface area contributed by atoms with E-state index < -0.39 is 5.41 Å². The molecular weight excluding hydrogens is 244 g/mol. The molecule has 2 rings (SSSR count). The quantitative estimate of drug-likeness (QED) is 0.797. The lowest BCUT2D eigenvalue weighted by Gasteiger charge is -2.36. The van der Waals surface area contributed by atoms with E-state index in [2.05, 4.69) is 11.8 Å². The molecule has 2 aliphatic rings. The highest BCUT2D eigenvalue weighted by Crippen LogP contribution is 2.41. The SMILES string of the molecule is CCN(C(=O)C1(C(N)=S)CCCC1)C1CCCC1. The molecule has 0 aromatic carbocycles. The number of carbonyl (C=O) groups is 1. The van der Waals surface area contributed by atoms with E-state index in [1.165, 1.54) is 12.8 Å². The largest absolute Gasteiger partial charge is 0.392 e. The van der Waals surface area contributed by atoms with Gasteiger partial charge in [0.2, 0.25) is 5.91 Å². The van der Waals surface area contributed by atoms with Crippen LogP contribution >= 0.6 is 12.2 Å². The van der Waals surface area contributed by atoms with Crippen molar-refractivity contribution in [3.8, 4) is 0 Å². The van der Waals surface area contributed by atoms with Crippen LogP contribution in [0.4, 0.5) is 0 Å². The maximum absolute atomic E-state index is 12.9. The van der Waals surface area contributed by atoms with Gasteiger partial charge >= 0.3 is 0 Å². The molecule has 0 saturated heterocycles. The van der Waals surface area contributed by atoms with E-state index in [1.54, 1.807) is 0 Å². The Morgan fingerprint density at radius 3 is 2.28 bits per heavy atom. The number of hydrogen-bond donors (Lipinski definition) is 1. The molecule has 0 heterocycles. The molecule has 102 valence electrons. The molecule has 2 fully saturated rings. The Balaban J connectivity index is 2.18. The Kier molecular flexibility index (Phi) is 4.25. The molecule has 0 atom stereocenters. The zero-order valence-corrected chi connectivity index (χ0v) is 12.1. The van der Waals surface area contributed by atoms with Gasteiger partial charge in [0, 0.05) is 12.6 Å². The van der Waals surface area contributed by atoms with E-state index in [0.29, 0.717) is 11.0 Å². The highest BCUT2D eigenvalue weighted by atomic mass is 32.1. The van der Waals surface area contributed by atoms with Gasteiger partial charge in [-0.3, -0.25) is 4.79 Å². The summed E-state index contributed by atoms with van der Waals surface area (Å²) in [7, 11) is 0. The number of thiocarbonyl (C=S) groups is 1. The van der Waals surface area contributed by atoms with Gasteiger partial charge in [0.15, 0.2) is 0 Å². The zero-order valence-electron chi connectivity index (χ0n) is 11.3. The van der Waals surface area contributed by atoms with Crippen molar-refractivity contribution in [3.63, 3.8) is 0 Å². The second kappa shape index (κ2) is 5.55. The van der Waals surface area contributed by atoms with Gasteiger partial charge in [0.05, 0.1) is 10.4 Å². The Morgan fingerprint density at radius 1 is 1.28 bits per heavy atom. The van der Waals surface area contributed by atoms with Crippen LogP contribution < -0.4 is 5.73 Å². The molecule has 2 N–H and O–H groups in total. The number of nitrogens with zero attached hydrogens (tertiary/aromatic N) is 1. The molecule has 4 heteroatoms. The van der Waals surface area contributed by atoms with Gasteiger partial charge in [0.1, 0.15) is 0 Å². The van der Waals surface area contributed by atoms with Gasteiger partial charge in [-0.05, 0) is 32.6 Å². The van der Waals surface area contributed by atoms with Crippen LogP contribution in [0.1, 0.15) is 58.3 Å². The molecule has 0 aromatic rings. The van der Waals surface area contributed by atoms with E-state index in [1.807, 2.05) is 0 Å². The first-order valence-corrected chi connectivity index (χ1v) is 7.63. The molecular formula is C14H24N2OS. The number of carbonyl (C=O) groups excluding carboxylic acids is 1. The summed E-state index contributed by atoms with van der Waals surface area (Å²) in [5.41, 5.74) is 5.39. The monoisotopic (exact) mass is 268 g/mol. The lowest BCUT2D eigenvalue weighted by molar-refractivity contribution is -0.140. The fourth-order valence-corrected chi connectivity index (χ4v) is 3.89. The number of rotatable bonds is 4. The number of hydrogen-bond acceptors (Lipinski definition) is 2. The van der Waals surface area contributed by atoms with Crippen LogP contribution in [0.3, 0.4) is 0 Å². The van der Waals surface area contributed by atoms with Crippen molar-refractivity contribution < 1.29 is 4.79 Å². The molecule has 1 amide bonds. The highest BCUT2D eigenvalue weighted by Gasteiger charge is 2.47. The lowest BCUT2D eigenvalue weighted by atomic mass is 9.84. The van der Waals surface area contributed by atoms with E-state index in [-0.39, 0.29) is 5.91 Å². The van der Waals surface area contributed by atoms with Crippen LogP contribution in [-0.2, 0) is 4.79 Å². The van der Waals surface area contributed by atoms with Gasteiger partial charge < -0.3 is 10.6 Å². The summed E-state index contributed by atoms with van der Waals surface area (Å²) in [6, 6.07) is 0.425. The minimum absolute atomic E-state index is 0.210. The van der Waals surface area contributed by atoms with Crippen molar-refractivity contribution in [2.45, 2.75) is 64.3 Å². The molecule has 2 aliphatic carbocycles. The smallest absolute Gasteiger partial charge is 0.235 e. The van der Waals surface area contributed by atoms with Crippen LogP contribution in [0, 0.1) is 5.41 Å². The van der Waals surface area contributed by atoms with Gasteiger partial charge in [0.25, 0.3) is 0 Å². The zero-order chi connectivity index (χ0) is 13.2. The first kappa shape index (κ1) is 13.8. The minimum atomic E-state index is -0.520. The Morgan fingerprint density at radius 2 is 1.83 bits per heavy atom. The molecule has 0 aromatic heterocycles. The van der Waals surface area contributed by atoms with Gasteiger partial charge in [-0.25, -0.2) is 0 Å². The number of amides is 1. The van der Waals surface area contributed by atoms with Crippen LogP contribution in [0.25, 0.3) is 0 Å².